The van der Waals surface area contributed by atoms with Gasteiger partial charge in [-0.3, -0.25) is 4.79 Å². The van der Waals surface area contributed by atoms with Crippen molar-refractivity contribution in [2.45, 2.75) is 37.9 Å². The highest BCUT2D eigenvalue weighted by Gasteiger charge is 2.28. The fraction of sp³-hybridized carbons (Fsp3) is 0.909. The van der Waals surface area contributed by atoms with Crippen LogP contribution in [-0.4, -0.2) is 45.1 Å². The van der Waals surface area contributed by atoms with Gasteiger partial charge in [-0.15, -0.1) is 0 Å². The van der Waals surface area contributed by atoms with Crippen LogP contribution in [0.1, 0.15) is 32.6 Å². The highest BCUT2D eigenvalue weighted by atomic mass is 32.2. The van der Waals surface area contributed by atoms with E-state index in [9.17, 15) is 13.2 Å². The van der Waals surface area contributed by atoms with Gasteiger partial charge in [0.25, 0.3) is 0 Å². The molecule has 1 saturated heterocycles. The van der Waals surface area contributed by atoms with Gasteiger partial charge < -0.3 is 10.1 Å². The third kappa shape index (κ3) is 5.04. The Balaban J connectivity index is 2.26. The molecule has 100 valence electrons. The molecule has 0 bridgehead atoms. The summed E-state index contributed by atoms with van der Waals surface area (Å²) in [7, 11) is -3.15. The van der Waals surface area contributed by atoms with Gasteiger partial charge >= 0.3 is 5.97 Å². The van der Waals surface area contributed by atoms with Gasteiger partial charge in [0.2, 0.25) is 0 Å². The van der Waals surface area contributed by atoms with Gasteiger partial charge in [0.1, 0.15) is 0 Å². The maximum Gasteiger partial charge on any atom is 0.306 e. The van der Waals surface area contributed by atoms with Crippen LogP contribution >= 0.6 is 0 Å². The zero-order valence-corrected chi connectivity index (χ0v) is 11.1. The molecule has 0 spiro atoms. The minimum atomic E-state index is -3.15. The summed E-state index contributed by atoms with van der Waals surface area (Å²) in [6.45, 7) is 3.64. The van der Waals surface area contributed by atoms with E-state index in [0.29, 0.717) is 19.6 Å². The van der Waals surface area contributed by atoms with E-state index in [1.807, 2.05) is 6.92 Å². The van der Waals surface area contributed by atoms with Crippen LogP contribution in [0.5, 0.6) is 0 Å². The molecule has 5 nitrogen and oxygen atoms in total. The molecule has 0 aromatic heterocycles. The van der Waals surface area contributed by atoms with Crippen LogP contribution < -0.4 is 5.32 Å². The first kappa shape index (κ1) is 14.4. The van der Waals surface area contributed by atoms with Crippen LogP contribution in [0, 0.1) is 0 Å². The number of esters is 1. The van der Waals surface area contributed by atoms with Crippen molar-refractivity contribution >= 4 is 15.8 Å². The zero-order valence-electron chi connectivity index (χ0n) is 10.3. The molecule has 0 amide bonds. The quantitative estimate of drug-likeness (QED) is 0.535. The van der Waals surface area contributed by atoms with Crippen LogP contribution in [0.2, 0.25) is 0 Å². The average Bonchev–Trinajstić information content (AvgIpc) is 2.81. The molecule has 1 N–H and O–H groups in total. The molecule has 1 aliphatic heterocycles. The number of rotatable bonds is 7. The summed E-state index contributed by atoms with van der Waals surface area (Å²) in [5.74, 6) is -0.502. The topological polar surface area (TPSA) is 72.5 Å². The fourth-order valence-electron chi connectivity index (χ4n) is 1.73. The summed E-state index contributed by atoms with van der Waals surface area (Å²) in [5, 5.41) is 2.68. The lowest BCUT2D eigenvalue weighted by molar-refractivity contribution is -0.143. The van der Waals surface area contributed by atoms with Gasteiger partial charge in [-0.05, 0) is 19.4 Å². The highest BCUT2D eigenvalue weighted by molar-refractivity contribution is 7.92. The Morgan fingerprint density at radius 1 is 1.47 bits per heavy atom. The number of hydrogen-bond acceptors (Lipinski definition) is 5. The van der Waals surface area contributed by atoms with E-state index in [2.05, 4.69) is 5.32 Å². The van der Waals surface area contributed by atoms with Crippen molar-refractivity contribution in [2.24, 2.45) is 0 Å². The van der Waals surface area contributed by atoms with E-state index in [1.165, 1.54) is 0 Å². The molecule has 1 heterocycles. The van der Waals surface area contributed by atoms with E-state index in [0.717, 1.165) is 19.4 Å². The second kappa shape index (κ2) is 6.96. The maximum absolute atomic E-state index is 11.8. The van der Waals surface area contributed by atoms with Crippen molar-refractivity contribution in [3.05, 3.63) is 0 Å². The first-order chi connectivity index (χ1) is 8.06. The van der Waals surface area contributed by atoms with Crippen LogP contribution in [0.25, 0.3) is 0 Å². The molecule has 1 fully saturated rings. The standard InChI is InChI=1S/C11H21NO4S/c1-2-3-7-16-11(13)5-8-17(14,15)10-4-6-12-9-10/h10,12H,2-9H2,1H3. The molecule has 0 aromatic rings. The van der Waals surface area contributed by atoms with E-state index in [-0.39, 0.29) is 17.4 Å². The SMILES string of the molecule is CCCCOC(=O)CCS(=O)(=O)C1CCNC1. The number of carbonyl (C=O) groups is 1. The summed E-state index contributed by atoms with van der Waals surface area (Å²) in [5.41, 5.74) is 0. The van der Waals surface area contributed by atoms with Gasteiger partial charge in [0.05, 0.1) is 24.0 Å². The van der Waals surface area contributed by atoms with Crippen LogP contribution in [0.3, 0.4) is 0 Å². The molecule has 0 saturated carbocycles. The van der Waals surface area contributed by atoms with E-state index in [1.54, 1.807) is 0 Å². The Morgan fingerprint density at radius 3 is 2.82 bits per heavy atom. The zero-order chi connectivity index (χ0) is 12.7. The molecule has 17 heavy (non-hydrogen) atoms. The maximum atomic E-state index is 11.8. The lowest BCUT2D eigenvalue weighted by atomic mass is 10.4. The van der Waals surface area contributed by atoms with Gasteiger partial charge in [0.15, 0.2) is 9.84 Å². The minimum absolute atomic E-state index is 0.0253. The van der Waals surface area contributed by atoms with Gasteiger partial charge in [-0.2, -0.15) is 0 Å². The van der Waals surface area contributed by atoms with Crippen molar-refractivity contribution in [1.29, 1.82) is 0 Å². The van der Waals surface area contributed by atoms with Gasteiger partial charge in [0, 0.05) is 6.54 Å². The predicted octanol–water partition coefficient (Wildman–Crippen LogP) is 0.497. The van der Waals surface area contributed by atoms with Gasteiger partial charge in [-0.1, -0.05) is 13.3 Å². The predicted molar refractivity (Wildman–Crippen MR) is 65.5 cm³/mol. The normalized spacial score (nSPS) is 20.4. The number of ether oxygens (including phenoxy) is 1. The van der Waals surface area contributed by atoms with Crippen molar-refractivity contribution in [3.8, 4) is 0 Å². The molecule has 1 rings (SSSR count). The van der Waals surface area contributed by atoms with Crippen molar-refractivity contribution in [3.63, 3.8) is 0 Å². The smallest absolute Gasteiger partial charge is 0.306 e. The summed E-state index contributed by atoms with van der Waals surface area (Å²) in [6, 6.07) is 0. The van der Waals surface area contributed by atoms with E-state index in [4.69, 9.17) is 4.74 Å². The number of unbranched alkanes of at least 4 members (excludes halogenated alkanes) is 1. The summed E-state index contributed by atoms with van der Waals surface area (Å²) >= 11 is 0. The van der Waals surface area contributed by atoms with Crippen molar-refractivity contribution < 1.29 is 17.9 Å². The summed E-state index contributed by atoms with van der Waals surface area (Å²) in [6.07, 6.45) is 2.40. The monoisotopic (exact) mass is 263 g/mol. The highest BCUT2D eigenvalue weighted by Crippen LogP contribution is 2.12. The summed E-state index contributed by atoms with van der Waals surface area (Å²) < 4.78 is 28.6. The third-order valence-corrected chi connectivity index (χ3v) is 5.07. The fourth-order valence-corrected chi connectivity index (χ4v) is 3.36. The molecular formula is C11H21NO4S. The Morgan fingerprint density at radius 2 is 2.24 bits per heavy atom. The lowest BCUT2D eigenvalue weighted by Gasteiger charge is -2.10. The molecule has 1 aliphatic rings. The number of hydrogen-bond donors (Lipinski definition) is 1. The first-order valence-corrected chi connectivity index (χ1v) is 7.85. The van der Waals surface area contributed by atoms with Crippen LogP contribution in [-0.2, 0) is 19.4 Å². The Bertz CT molecular complexity index is 333. The first-order valence-electron chi connectivity index (χ1n) is 6.14. The van der Waals surface area contributed by atoms with E-state index < -0.39 is 15.8 Å². The Hall–Kier alpha value is -0.620. The molecule has 0 aliphatic carbocycles. The number of nitrogens with one attached hydrogen (secondary N) is 1. The van der Waals surface area contributed by atoms with Crippen molar-refractivity contribution in [1.82, 2.24) is 5.32 Å². The molecular weight excluding hydrogens is 242 g/mol. The lowest BCUT2D eigenvalue weighted by Crippen LogP contribution is -2.27. The molecule has 0 radical (unpaired) electrons. The van der Waals surface area contributed by atoms with Gasteiger partial charge in [-0.25, -0.2) is 8.42 Å². The third-order valence-electron chi connectivity index (χ3n) is 2.87. The second-order valence-electron chi connectivity index (χ2n) is 4.31. The molecule has 0 aromatic carbocycles. The second-order valence-corrected chi connectivity index (χ2v) is 6.71. The summed E-state index contributed by atoms with van der Waals surface area (Å²) in [4.78, 5) is 11.3. The van der Waals surface area contributed by atoms with Crippen LogP contribution in [0.4, 0.5) is 0 Å². The molecule has 6 heteroatoms. The van der Waals surface area contributed by atoms with Crippen molar-refractivity contribution in [2.75, 3.05) is 25.4 Å². The largest absolute Gasteiger partial charge is 0.466 e. The molecule has 1 atom stereocenters. The number of sulfone groups is 1. The Labute approximate surface area is 103 Å². The molecule has 1 unspecified atom stereocenters. The average molecular weight is 263 g/mol. The van der Waals surface area contributed by atoms with E-state index >= 15 is 0 Å². The van der Waals surface area contributed by atoms with Crippen LogP contribution in [0.15, 0.2) is 0 Å². The minimum Gasteiger partial charge on any atom is -0.466 e. The Kier molecular flexibility index (Phi) is 5.91. The number of carbonyl (C=O) groups excluding carboxylic acids is 1.